The Morgan fingerprint density at radius 3 is 2.76 bits per heavy atom. The molecule has 4 nitrogen and oxygen atoms in total. The van der Waals surface area contributed by atoms with Crippen molar-refractivity contribution in [2.75, 3.05) is 19.7 Å². The number of fused-ring (bicyclic) bond motifs is 3. The van der Waals surface area contributed by atoms with E-state index >= 15 is 0 Å². The molecule has 4 fully saturated rings. The fraction of sp³-hybridized carbons (Fsp3) is 0.824. The van der Waals surface area contributed by atoms with Crippen molar-refractivity contribution in [3.63, 3.8) is 0 Å². The number of alkyl carbamates (subject to hydrolysis) is 1. The van der Waals surface area contributed by atoms with E-state index in [1.54, 1.807) is 0 Å². The average molecular weight is 290 g/mol. The Bertz CT molecular complexity index is 412. The molecule has 4 rings (SSSR count). The highest BCUT2D eigenvalue weighted by molar-refractivity contribution is 5.67. The molecule has 1 amide bonds. The molecule has 3 aliphatic heterocycles. The van der Waals surface area contributed by atoms with Gasteiger partial charge in [-0.1, -0.05) is 19.3 Å². The quantitative estimate of drug-likeness (QED) is 0.812. The van der Waals surface area contributed by atoms with Crippen LogP contribution in [0.1, 0.15) is 44.9 Å². The van der Waals surface area contributed by atoms with Crippen molar-refractivity contribution in [1.82, 2.24) is 10.2 Å². The third-order valence-corrected chi connectivity index (χ3v) is 5.43. The lowest BCUT2D eigenvalue weighted by atomic mass is 9.76. The van der Waals surface area contributed by atoms with Crippen LogP contribution in [0.4, 0.5) is 4.79 Å². The van der Waals surface area contributed by atoms with Crippen LogP contribution in [0.2, 0.25) is 0 Å². The van der Waals surface area contributed by atoms with Gasteiger partial charge in [0, 0.05) is 24.5 Å². The molecule has 0 radical (unpaired) electrons. The summed E-state index contributed by atoms with van der Waals surface area (Å²) in [6.45, 7) is 2.58. The highest BCUT2D eigenvalue weighted by Gasteiger charge is 2.39. The first kappa shape index (κ1) is 14.7. The maximum absolute atomic E-state index is 11.9. The lowest BCUT2D eigenvalue weighted by Crippen LogP contribution is -2.55. The standard InChI is InChI=1S/C17H26N2O2/c1-2-13-11-19-9-8-14(13)10-16(19)12-21-17(20)18-15-6-4-3-5-7-15/h1,13-16H,3-12H2,(H,18,20)/t13-,14-,16+/m0/s1. The summed E-state index contributed by atoms with van der Waals surface area (Å²) in [4.78, 5) is 14.3. The molecule has 4 heteroatoms. The number of carbonyl (C=O) groups excluding carboxylic acids is 1. The summed E-state index contributed by atoms with van der Waals surface area (Å²) >= 11 is 0. The van der Waals surface area contributed by atoms with E-state index in [9.17, 15) is 4.79 Å². The number of hydrogen-bond acceptors (Lipinski definition) is 3. The second-order valence-electron chi connectivity index (χ2n) is 6.78. The molecule has 3 heterocycles. The van der Waals surface area contributed by atoms with Gasteiger partial charge in [-0.2, -0.15) is 0 Å². The van der Waals surface area contributed by atoms with Crippen molar-refractivity contribution in [2.24, 2.45) is 11.8 Å². The highest BCUT2D eigenvalue weighted by atomic mass is 16.5. The molecular weight excluding hydrogens is 264 g/mol. The summed E-state index contributed by atoms with van der Waals surface area (Å²) in [6, 6.07) is 0.686. The van der Waals surface area contributed by atoms with Gasteiger partial charge in [0.25, 0.3) is 0 Å². The molecular formula is C17H26N2O2. The maximum Gasteiger partial charge on any atom is 0.407 e. The Labute approximate surface area is 127 Å². The monoisotopic (exact) mass is 290 g/mol. The molecule has 1 N–H and O–H groups in total. The normalized spacial score (nSPS) is 36.0. The molecule has 1 saturated carbocycles. The van der Waals surface area contributed by atoms with Crippen LogP contribution in [0, 0.1) is 24.2 Å². The van der Waals surface area contributed by atoms with Crippen LogP contribution >= 0.6 is 0 Å². The number of nitrogens with one attached hydrogen (secondary N) is 1. The Morgan fingerprint density at radius 1 is 1.29 bits per heavy atom. The lowest BCUT2D eigenvalue weighted by Gasteiger charge is -2.48. The van der Waals surface area contributed by atoms with Gasteiger partial charge in [0.15, 0.2) is 0 Å². The molecule has 21 heavy (non-hydrogen) atoms. The van der Waals surface area contributed by atoms with Crippen LogP contribution in [0.25, 0.3) is 0 Å². The first-order valence-corrected chi connectivity index (χ1v) is 8.39. The zero-order valence-electron chi connectivity index (χ0n) is 12.7. The van der Waals surface area contributed by atoms with Crippen molar-refractivity contribution in [1.29, 1.82) is 0 Å². The molecule has 4 atom stereocenters. The molecule has 2 bridgehead atoms. The molecule has 0 spiro atoms. The fourth-order valence-electron chi connectivity index (χ4n) is 4.13. The molecule has 1 aliphatic carbocycles. The van der Waals surface area contributed by atoms with Gasteiger partial charge in [-0.05, 0) is 38.1 Å². The summed E-state index contributed by atoms with van der Waals surface area (Å²) in [5.41, 5.74) is 0. The van der Waals surface area contributed by atoms with Crippen LogP contribution in [0.5, 0.6) is 0 Å². The Balaban J connectivity index is 1.41. The predicted molar refractivity (Wildman–Crippen MR) is 81.8 cm³/mol. The molecule has 0 aromatic carbocycles. The van der Waals surface area contributed by atoms with Crippen molar-refractivity contribution in [3.8, 4) is 12.3 Å². The number of rotatable bonds is 3. The van der Waals surface area contributed by atoms with E-state index in [0.29, 0.717) is 30.5 Å². The van der Waals surface area contributed by atoms with E-state index in [2.05, 4.69) is 16.1 Å². The first-order chi connectivity index (χ1) is 10.3. The van der Waals surface area contributed by atoms with Crippen molar-refractivity contribution >= 4 is 6.09 Å². The number of piperidine rings is 3. The van der Waals surface area contributed by atoms with Crippen LogP contribution < -0.4 is 5.32 Å². The van der Waals surface area contributed by atoms with E-state index in [-0.39, 0.29) is 6.09 Å². The lowest BCUT2D eigenvalue weighted by molar-refractivity contribution is -0.00900. The third-order valence-electron chi connectivity index (χ3n) is 5.43. The van der Waals surface area contributed by atoms with Gasteiger partial charge in [0.05, 0.1) is 0 Å². The van der Waals surface area contributed by atoms with Crippen LogP contribution in [0.15, 0.2) is 0 Å². The minimum Gasteiger partial charge on any atom is -0.448 e. The van der Waals surface area contributed by atoms with Gasteiger partial charge in [-0.3, -0.25) is 4.90 Å². The zero-order chi connectivity index (χ0) is 14.7. The fourth-order valence-corrected chi connectivity index (χ4v) is 4.13. The van der Waals surface area contributed by atoms with Gasteiger partial charge < -0.3 is 10.1 Å². The second kappa shape index (κ2) is 6.70. The van der Waals surface area contributed by atoms with Gasteiger partial charge in [-0.15, -0.1) is 12.3 Å². The minimum atomic E-state index is -0.238. The third kappa shape index (κ3) is 3.52. The van der Waals surface area contributed by atoms with E-state index in [1.165, 1.54) is 25.7 Å². The van der Waals surface area contributed by atoms with Crippen molar-refractivity contribution in [3.05, 3.63) is 0 Å². The van der Waals surface area contributed by atoms with Gasteiger partial charge in [-0.25, -0.2) is 4.79 Å². The van der Waals surface area contributed by atoms with E-state index in [4.69, 9.17) is 11.2 Å². The van der Waals surface area contributed by atoms with E-state index < -0.39 is 0 Å². The summed E-state index contributed by atoms with van der Waals surface area (Å²) < 4.78 is 5.46. The van der Waals surface area contributed by atoms with E-state index in [1.807, 2.05) is 0 Å². The SMILES string of the molecule is C#C[C@H]1CN2CC[C@H]1C[C@@H]2COC(=O)NC1CCCCC1. The number of carbonyl (C=O) groups is 1. The predicted octanol–water partition coefficient (Wildman–Crippen LogP) is 2.39. The maximum atomic E-state index is 11.9. The molecule has 1 unspecified atom stereocenters. The summed E-state index contributed by atoms with van der Waals surface area (Å²) in [6.07, 6.45) is 13.5. The number of hydrogen-bond donors (Lipinski definition) is 1. The first-order valence-electron chi connectivity index (χ1n) is 8.39. The van der Waals surface area contributed by atoms with Crippen molar-refractivity contribution < 1.29 is 9.53 Å². The number of amides is 1. The largest absolute Gasteiger partial charge is 0.448 e. The highest BCUT2D eigenvalue weighted by Crippen LogP contribution is 2.35. The zero-order valence-corrected chi connectivity index (χ0v) is 12.7. The van der Waals surface area contributed by atoms with Crippen molar-refractivity contribution in [2.45, 2.75) is 57.0 Å². The average Bonchev–Trinajstić information content (AvgIpc) is 2.54. The van der Waals surface area contributed by atoms with Crippen LogP contribution in [-0.2, 0) is 4.74 Å². The Kier molecular flexibility index (Phi) is 4.70. The Hall–Kier alpha value is -1.21. The van der Waals surface area contributed by atoms with E-state index in [0.717, 1.165) is 32.4 Å². The molecule has 0 aromatic rings. The second-order valence-corrected chi connectivity index (χ2v) is 6.78. The summed E-state index contributed by atoms with van der Waals surface area (Å²) in [5, 5.41) is 3.01. The summed E-state index contributed by atoms with van der Waals surface area (Å²) in [7, 11) is 0. The number of ether oxygens (including phenoxy) is 1. The number of terminal acetylenes is 1. The molecule has 4 aliphatic rings. The minimum absolute atomic E-state index is 0.238. The van der Waals surface area contributed by atoms with Crippen LogP contribution in [0.3, 0.4) is 0 Å². The number of nitrogens with zero attached hydrogens (tertiary/aromatic N) is 1. The topological polar surface area (TPSA) is 41.6 Å². The summed E-state index contributed by atoms with van der Waals surface area (Å²) in [5.74, 6) is 3.93. The molecule has 3 saturated heterocycles. The molecule has 0 aromatic heterocycles. The van der Waals surface area contributed by atoms with Gasteiger partial charge in [0.1, 0.15) is 6.61 Å². The van der Waals surface area contributed by atoms with Gasteiger partial charge in [0.2, 0.25) is 0 Å². The molecule has 116 valence electrons. The Morgan fingerprint density at radius 2 is 2.10 bits per heavy atom. The van der Waals surface area contributed by atoms with Gasteiger partial charge >= 0.3 is 6.09 Å². The smallest absolute Gasteiger partial charge is 0.407 e. The van der Waals surface area contributed by atoms with Crippen LogP contribution in [-0.4, -0.2) is 42.8 Å².